The SMILES string of the molecule is CC(C)(C)OC(=O)N1CCC(C(=S)NN)CC1. The molecule has 1 heterocycles. The number of hydrogen-bond donors (Lipinski definition) is 2. The van der Waals surface area contributed by atoms with Crippen LogP contribution in [0.25, 0.3) is 0 Å². The van der Waals surface area contributed by atoms with Gasteiger partial charge < -0.3 is 15.1 Å². The molecule has 1 rings (SSSR count). The minimum Gasteiger partial charge on any atom is -0.444 e. The Morgan fingerprint density at radius 3 is 2.35 bits per heavy atom. The smallest absolute Gasteiger partial charge is 0.410 e. The average Bonchev–Trinajstić information content (AvgIpc) is 2.26. The number of nitrogens with two attached hydrogens (primary N) is 1. The molecule has 1 aliphatic heterocycles. The van der Waals surface area contributed by atoms with Gasteiger partial charge in [-0.3, -0.25) is 5.84 Å². The molecule has 98 valence electrons. The molecule has 0 unspecified atom stereocenters. The van der Waals surface area contributed by atoms with Crippen molar-refractivity contribution in [2.45, 2.75) is 39.2 Å². The van der Waals surface area contributed by atoms with E-state index in [0.717, 1.165) is 12.8 Å². The lowest BCUT2D eigenvalue weighted by Crippen LogP contribution is -2.45. The van der Waals surface area contributed by atoms with E-state index in [1.165, 1.54) is 0 Å². The summed E-state index contributed by atoms with van der Waals surface area (Å²) in [4.78, 5) is 14.2. The van der Waals surface area contributed by atoms with Gasteiger partial charge in [-0.05, 0) is 33.6 Å². The van der Waals surface area contributed by atoms with Gasteiger partial charge in [0.15, 0.2) is 0 Å². The van der Waals surface area contributed by atoms with E-state index in [1.54, 1.807) is 4.90 Å². The van der Waals surface area contributed by atoms with Gasteiger partial charge in [0.2, 0.25) is 0 Å². The lowest BCUT2D eigenvalue weighted by molar-refractivity contribution is 0.0201. The molecule has 1 fully saturated rings. The summed E-state index contributed by atoms with van der Waals surface area (Å²) in [6.07, 6.45) is 1.42. The molecule has 0 aromatic heterocycles. The van der Waals surface area contributed by atoms with E-state index in [1.807, 2.05) is 20.8 Å². The van der Waals surface area contributed by atoms with Crippen LogP contribution in [0.5, 0.6) is 0 Å². The summed E-state index contributed by atoms with van der Waals surface area (Å²) in [5, 5.41) is 0. The van der Waals surface area contributed by atoms with Crippen LogP contribution in [0.4, 0.5) is 4.79 Å². The Labute approximate surface area is 108 Å². The number of amides is 1. The summed E-state index contributed by atoms with van der Waals surface area (Å²) < 4.78 is 5.31. The molecule has 0 aromatic rings. The maximum Gasteiger partial charge on any atom is 0.410 e. The predicted octanol–water partition coefficient (Wildman–Crippen LogP) is 1.42. The van der Waals surface area contributed by atoms with Crippen molar-refractivity contribution >= 4 is 23.3 Å². The fourth-order valence-electron chi connectivity index (χ4n) is 1.77. The highest BCUT2D eigenvalue weighted by Gasteiger charge is 2.28. The van der Waals surface area contributed by atoms with Gasteiger partial charge in [-0.15, -0.1) is 0 Å². The molecule has 1 saturated heterocycles. The largest absolute Gasteiger partial charge is 0.444 e. The fourth-order valence-corrected chi connectivity index (χ4v) is 2.00. The molecule has 3 N–H and O–H groups in total. The zero-order valence-corrected chi connectivity index (χ0v) is 11.5. The molecule has 0 radical (unpaired) electrons. The number of hydrogen-bond acceptors (Lipinski definition) is 4. The van der Waals surface area contributed by atoms with Gasteiger partial charge in [-0.2, -0.15) is 0 Å². The molecule has 6 heteroatoms. The van der Waals surface area contributed by atoms with Crippen molar-refractivity contribution in [3.8, 4) is 0 Å². The van der Waals surface area contributed by atoms with Gasteiger partial charge in [-0.25, -0.2) is 4.79 Å². The van der Waals surface area contributed by atoms with Crippen LogP contribution in [0.1, 0.15) is 33.6 Å². The molecule has 0 atom stereocenters. The second-order valence-electron chi connectivity index (χ2n) is 5.25. The van der Waals surface area contributed by atoms with Crippen LogP contribution in [-0.4, -0.2) is 34.7 Å². The molecule has 0 aromatic carbocycles. The minimum absolute atomic E-state index is 0.248. The first-order valence-electron chi connectivity index (χ1n) is 5.82. The van der Waals surface area contributed by atoms with E-state index in [2.05, 4.69) is 5.43 Å². The topological polar surface area (TPSA) is 67.6 Å². The number of hydrazine groups is 1. The van der Waals surface area contributed by atoms with Crippen molar-refractivity contribution in [1.82, 2.24) is 10.3 Å². The normalized spacial score (nSPS) is 17.8. The fraction of sp³-hybridized carbons (Fsp3) is 0.818. The quantitative estimate of drug-likeness (QED) is 0.423. The molecule has 1 aliphatic rings. The Morgan fingerprint density at radius 1 is 1.41 bits per heavy atom. The van der Waals surface area contributed by atoms with Crippen LogP contribution in [0.3, 0.4) is 0 Å². The van der Waals surface area contributed by atoms with Gasteiger partial charge in [0.1, 0.15) is 5.60 Å². The molecule has 0 saturated carbocycles. The Kier molecular flexibility index (Phi) is 4.70. The summed E-state index contributed by atoms with van der Waals surface area (Å²) in [5.74, 6) is 5.56. The first-order valence-corrected chi connectivity index (χ1v) is 6.22. The number of carbonyl (C=O) groups excluding carboxylic acids is 1. The van der Waals surface area contributed by atoms with Gasteiger partial charge in [-0.1, -0.05) is 12.2 Å². The number of thiocarbonyl (C=S) groups is 1. The predicted molar refractivity (Wildman–Crippen MR) is 70.5 cm³/mol. The van der Waals surface area contributed by atoms with E-state index in [0.29, 0.717) is 18.1 Å². The second kappa shape index (κ2) is 5.64. The van der Waals surface area contributed by atoms with Crippen molar-refractivity contribution in [3.05, 3.63) is 0 Å². The van der Waals surface area contributed by atoms with Crippen LogP contribution in [0, 0.1) is 5.92 Å². The third-order valence-electron chi connectivity index (χ3n) is 2.66. The molecular formula is C11H21N3O2S. The molecule has 0 bridgehead atoms. The molecule has 1 amide bonds. The number of carbonyl (C=O) groups is 1. The second-order valence-corrected chi connectivity index (χ2v) is 5.69. The highest BCUT2D eigenvalue weighted by Crippen LogP contribution is 2.20. The summed E-state index contributed by atoms with van der Waals surface area (Å²) in [6.45, 7) is 6.93. The van der Waals surface area contributed by atoms with E-state index >= 15 is 0 Å². The van der Waals surface area contributed by atoms with E-state index in [4.69, 9.17) is 22.8 Å². The highest BCUT2D eigenvalue weighted by atomic mass is 32.1. The van der Waals surface area contributed by atoms with Crippen LogP contribution in [0.15, 0.2) is 0 Å². The van der Waals surface area contributed by atoms with Gasteiger partial charge in [0.25, 0.3) is 0 Å². The van der Waals surface area contributed by atoms with Crippen LogP contribution in [0.2, 0.25) is 0 Å². The van der Waals surface area contributed by atoms with Crippen molar-refractivity contribution in [3.63, 3.8) is 0 Å². The maximum absolute atomic E-state index is 11.8. The van der Waals surface area contributed by atoms with E-state index < -0.39 is 5.60 Å². The standard InChI is InChI=1S/C11H21N3O2S/c1-11(2,3)16-10(15)14-6-4-8(5-7-14)9(17)13-12/h8H,4-7,12H2,1-3H3,(H,13,17). The number of ether oxygens (including phenoxy) is 1. The summed E-state index contributed by atoms with van der Waals surface area (Å²) in [6, 6.07) is 0. The van der Waals surface area contributed by atoms with Crippen LogP contribution >= 0.6 is 12.2 Å². The minimum atomic E-state index is -0.442. The van der Waals surface area contributed by atoms with Crippen molar-refractivity contribution < 1.29 is 9.53 Å². The summed E-state index contributed by atoms with van der Waals surface area (Å²) in [7, 11) is 0. The van der Waals surface area contributed by atoms with E-state index in [-0.39, 0.29) is 12.0 Å². The number of nitrogens with zero attached hydrogens (tertiary/aromatic N) is 1. The molecular weight excluding hydrogens is 238 g/mol. The van der Waals surface area contributed by atoms with Crippen molar-refractivity contribution in [2.24, 2.45) is 11.8 Å². The third kappa shape index (κ3) is 4.47. The van der Waals surface area contributed by atoms with Crippen molar-refractivity contribution in [2.75, 3.05) is 13.1 Å². The molecule has 0 spiro atoms. The number of piperidine rings is 1. The Hall–Kier alpha value is -0.880. The monoisotopic (exact) mass is 259 g/mol. The first kappa shape index (κ1) is 14.2. The lowest BCUT2D eigenvalue weighted by Gasteiger charge is -2.33. The maximum atomic E-state index is 11.8. The Morgan fingerprint density at radius 2 is 1.94 bits per heavy atom. The highest BCUT2D eigenvalue weighted by molar-refractivity contribution is 7.80. The molecule has 5 nitrogen and oxygen atoms in total. The van der Waals surface area contributed by atoms with E-state index in [9.17, 15) is 4.79 Å². The Balaban J connectivity index is 2.42. The number of nitrogens with one attached hydrogen (secondary N) is 1. The number of likely N-dealkylation sites (tertiary alicyclic amines) is 1. The summed E-state index contributed by atoms with van der Waals surface area (Å²) in [5.41, 5.74) is 2.07. The third-order valence-corrected chi connectivity index (χ3v) is 3.11. The zero-order valence-electron chi connectivity index (χ0n) is 10.7. The Bertz CT molecular complexity index is 294. The zero-order chi connectivity index (χ0) is 13.1. The lowest BCUT2D eigenvalue weighted by atomic mass is 9.97. The van der Waals surface area contributed by atoms with Gasteiger partial charge in [0, 0.05) is 19.0 Å². The van der Waals surface area contributed by atoms with Gasteiger partial charge in [0.05, 0.1) is 4.99 Å². The van der Waals surface area contributed by atoms with Gasteiger partial charge >= 0.3 is 6.09 Å². The van der Waals surface area contributed by atoms with Crippen LogP contribution < -0.4 is 11.3 Å². The summed E-state index contributed by atoms with van der Waals surface area (Å²) >= 11 is 5.10. The molecule has 17 heavy (non-hydrogen) atoms. The molecule has 0 aliphatic carbocycles. The average molecular weight is 259 g/mol. The van der Waals surface area contributed by atoms with Crippen molar-refractivity contribution in [1.29, 1.82) is 0 Å². The number of rotatable bonds is 1. The van der Waals surface area contributed by atoms with Crippen LogP contribution in [-0.2, 0) is 4.74 Å². The first-order chi connectivity index (χ1) is 7.83.